The van der Waals surface area contributed by atoms with Crippen LogP contribution in [0.4, 0.5) is 9.59 Å². The van der Waals surface area contributed by atoms with Crippen molar-refractivity contribution in [1.82, 2.24) is 9.99 Å². The molecule has 0 aromatic rings. The molecule has 1 unspecified atom stereocenters. The zero-order valence-electron chi connectivity index (χ0n) is 27.0. The van der Waals surface area contributed by atoms with Gasteiger partial charge in [-0.05, 0) is 83.5 Å². The largest absolute Gasteiger partial charge is 0.508 e. The highest BCUT2D eigenvalue weighted by atomic mass is 31.2. The summed E-state index contributed by atoms with van der Waals surface area (Å²) >= 11 is 0. The van der Waals surface area contributed by atoms with E-state index in [2.05, 4.69) is 5.09 Å². The van der Waals surface area contributed by atoms with E-state index in [1.54, 1.807) is 0 Å². The van der Waals surface area contributed by atoms with Crippen LogP contribution in [0.5, 0.6) is 0 Å². The molecule has 0 bridgehead atoms. The number of hydrogen-bond acceptors (Lipinski definition) is 11. The first kappa shape index (κ1) is 38.6. The van der Waals surface area contributed by atoms with Gasteiger partial charge in [-0.2, -0.15) is 0 Å². The van der Waals surface area contributed by atoms with E-state index >= 15 is 0 Å². The Morgan fingerprint density at radius 2 is 1.24 bits per heavy atom. The molecule has 2 rings (SSSR count). The van der Waals surface area contributed by atoms with E-state index < -0.39 is 38.0 Å². The van der Waals surface area contributed by atoms with Gasteiger partial charge in [0.25, 0.3) is 0 Å². The van der Waals surface area contributed by atoms with Crippen LogP contribution in [-0.2, 0) is 37.4 Å². The van der Waals surface area contributed by atoms with Crippen LogP contribution < -0.4 is 5.09 Å². The molecule has 0 spiro atoms. The van der Waals surface area contributed by atoms with Gasteiger partial charge in [-0.25, -0.2) is 18.9 Å². The zero-order chi connectivity index (χ0) is 32.9. The Bertz CT molecular complexity index is 894. The van der Waals surface area contributed by atoms with Gasteiger partial charge in [-0.15, -0.1) is 0 Å². The number of guanidine groups is 1. The molecule has 0 aliphatic heterocycles. The van der Waals surface area contributed by atoms with Crippen molar-refractivity contribution < 1.29 is 52.1 Å². The van der Waals surface area contributed by atoms with Crippen molar-refractivity contribution >= 4 is 32.0 Å². The van der Waals surface area contributed by atoms with Gasteiger partial charge in [0.15, 0.2) is 0 Å². The minimum atomic E-state index is -4.08. The molecule has 15 heteroatoms. The summed E-state index contributed by atoms with van der Waals surface area (Å²) in [6.45, 7) is 2.08. The first-order valence-electron chi connectivity index (χ1n) is 16.5. The molecular weight excluding hydrogens is 609 g/mol. The second-order valence-corrected chi connectivity index (χ2v) is 13.3. The van der Waals surface area contributed by atoms with Gasteiger partial charge in [0.2, 0.25) is 5.96 Å². The number of carbonyl (C=O) groups excluding carboxylic acids is 2. The van der Waals surface area contributed by atoms with E-state index in [0.717, 1.165) is 70.6 Å². The summed E-state index contributed by atoms with van der Waals surface area (Å²) in [5.74, 6) is -1.51. The molecule has 3 N–H and O–H groups in total. The van der Waals surface area contributed by atoms with Crippen molar-refractivity contribution in [3.05, 3.63) is 0 Å². The van der Waals surface area contributed by atoms with Crippen LogP contribution in [0.25, 0.3) is 0 Å². The van der Waals surface area contributed by atoms with Crippen molar-refractivity contribution in [1.29, 1.82) is 5.41 Å². The van der Waals surface area contributed by atoms with Crippen molar-refractivity contribution in [2.24, 2.45) is 0 Å². The summed E-state index contributed by atoms with van der Waals surface area (Å²) in [7, 11) is -2.65. The highest BCUT2D eigenvalue weighted by molar-refractivity contribution is 7.52. The monoisotopic (exact) mass is 663 g/mol. The first-order chi connectivity index (χ1) is 21.6. The van der Waals surface area contributed by atoms with E-state index in [-0.39, 0.29) is 38.6 Å². The van der Waals surface area contributed by atoms with E-state index in [1.165, 1.54) is 11.9 Å². The Morgan fingerprint density at radius 3 is 1.67 bits per heavy atom. The third-order valence-electron chi connectivity index (χ3n) is 7.85. The molecule has 2 fully saturated rings. The molecule has 260 valence electrons. The number of unbranched alkanes of at least 4 members (excludes halogenated alkanes) is 3. The third-order valence-corrected chi connectivity index (χ3v) is 9.38. The van der Waals surface area contributed by atoms with Gasteiger partial charge in [-0.3, -0.25) is 19.5 Å². The predicted molar refractivity (Wildman–Crippen MR) is 166 cm³/mol. The predicted octanol–water partition coefficient (Wildman–Crippen LogP) is 6.76. The number of nitrogens with one attached hydrogen (secondary N) is 2. The molecule has 0 radical (unpaired) electrons. The number of carboxylic acids is 1. The second kappa shape index (κ2) is 22.0. The van der Waals surface area contributed by atoms with Gasteiger partial charge in [0, 0.05) is 7.05 Å². The molecule has 0 aromatic carbocycles. The molecular formula is C30H54N3O11P. The molecule has 0 saturated heterocycles. The van der Waals surface area contributed by atoms with Crippen LogP contribution in [0.3, 0.4) is 0 Å². The van der Waals surface area contributed by atoms with Crippen molar-refractivity contribution in [3.8, 4) is 0 Å². The fourth-order valence-corrected chi connectivity index (χ4v) is 6.50. The number of aliphatic carboxylic acids is 1. The highest BCUT2D eigenvalue weighted by Gasteiger charge is 2.31. The van der Waals surface area contributed by atoms with Crippen molar-refractivity contribution in [2.75, 3.05) is 33.5 Å². The Labute approximate surface area is 267 Å². The maximum atomic E-state index is 13.6. The standard InChI is InChI=1S/C30H54N3O11P/c1-3-4-19-26(27(34)35)33(2)28(31)32-45(38,41-22-13-11-20-39-29(36)43-24-15-7-5-8-16-24)42-23-14-12-21-40-30(37)44-25-17-9-6-10-18-25/h24-26H,3-23H2,1-2H3,(H,34,35)(H2,31,32,38). The zero-order valence-corrected chi connectivity index (χ0v) is 27.9. The van der Waals surface area contributed by atoms with Crippen LogP contribution >= 0.6 is 7.75 Å². The Kier molecular flexibility index (Phi) is 18.9. The Balaban J connectivity index is 1.79. The molecule has 45 heavy (non-hydrogen) atoms. The van der Waals surface area contributed by atoms with E-state index in [4.69, 9.17) is 33.4 Å². The Hall–Kier alpha value is -2.57. The maximum Gasteiger partial charge on any atom is 0.508 e. The summed E-state index contributed by atoms with van der Waals surface area (Å²) in [5.41, 5.74) is 0. The SMILES string of the molecule is CCCCC(C(=O)O)N(C)C(=N)NP(=O)(OCCCCOC(=O)OC1CCCCC1)OCCCCOC(=O)OC1CCCCC1. The number of nitrogens with zero attached hydrogens (tertiary/aromatic N) is 1. The highest BCUT2D eigenvalue weighted by Crippen LogP contribution is 2.44. The van der Waals surface area contributed by atoms with Crippen molar-refractivity contribution in [2.45, 2.75) is 134 Å². The number of ether oxygens (including phenoxy) is 4. The lowest BCUT2D eigenvalue weighted by molar-refractivity contribution is -0.141. The van der Waals surface area contributed by atoms with Gasteiger partial charge < -0.3 is 29.0 Å². The Morgan fingerprint density at radius 1 is 0.800 bits per heavy atom. The van der Waals surface area contributed by atoms with E-state index in [0.29, 0.717) is 38.5 Å². The van der Waals surface area contributed by atoms with Gasteiger partial charge in [0.1, 0.15) is 18.2 Å². The van der Waals surface area contributed by atoms with Gasteiger partial charge >= 0.3 is 26.0 Å². The quantitative estimate of drug-likeness (QED) is 0.0409. The molecule has 1 atom stereocenters. The van der Waals surface area contributed by atoms with Crippen LogP contribution in [0.15, 0.2) is 0 Å². The fraction of sp³-hybridized carbons (Fsp3) is 0.867. The number of likely N-dealkylation sites (N-methyl/N-ethyl adjacent to an activating group) is 1. The molecule has 2 aliphatic carbocycles. The topological polar surface area (TPSA) is 183 Å². The summed E-state index contributed by atoms with van der Waals surface area (Å²) in [4.78, 5) is 36.8. The summed E-state index contributed by atoms with van der Waals surface area (Å²) in [6, 6.07) is -0.991. The lowest BCUT2D eigenvalue weighted by Gasteiger charge is -2.29. The molecule has 2 aliphatic rings. The molecule has 0 heterocycles. The van der Waals surface area contributed by atoms with Crippen molar-refractivity contribution in [3.63, 3.8) is 0 Å². The summed E-state index contributed by atoms with van der Waals surface area (Å²) < 4.78 is 45.6. The maximum absolute atomic E-state index is 13.6. The van der Waals surface area contributed by atoms with Crippen LogP contribution in [0.2, 0.25) is 0 Å². The lowest BCUT2D eigenvalue weighted by atomic mass is 9.98. The van der Waals surface area contributed by atoms with Crippen LogP contribution in [0.1, 0.15) is 116 Å². The minimum Gasteiger partial charge on any atom is -0.480 e. The normalized spacial score (nSPS) is 16.8. The summed E-state index contributed by atoms with van der Waals surface area (Å²) in [6.07, 6.45) is 11.6. The van der Waals surface area contributed by atoms with Crippen LogP contribution in [0, 0.1) is 5.41 Å². The first-order valence-corrected chi connectivity index (χ1v) is 18.1. The minimum absolute atomic E-state index is 0.0311. The fourth-order valence-electron chi connectivity index (χ4n) is 5.14. The van der Waals surface area contributed by atoms with E-state index in [9.17, 15) is 24.1 Å². The lowest BCUT2D eigenvalue weighted by Crippen LogP contribution is -2.47. The number of hydrogen-bond donors (Lipinski definition) is 3. The smallest absolute Gasteiger partial charge is 0.480 e. The van der Waals surface area contributed by atoms with Gasteiger partial charge in [0.05, 0.1) is 26.4 Å². The summed E-state index contributed by atoms with van der Waals surface area (Å²) in [5, 5.41) is 20.5. The molecule has 14 nitrogen and oxygen atoms in total. The van der Waals surface area contributed by atoms with E-state index in [1.807, 2.05) is 6.92 Å². The average molecular weight is 664 g/mol. The molecule has 0 aromatic heterocycles. The number of rotatable bonds is 20. The molecule has 2 saturated carbocycles. The average Bonchev–Trinajstić information content (AvgIpc) is 3.01. The number of carboxylic acid groups (broad SMARTS) is 1. The second-order valence-electron chi connectivity index (χ2n) is 11.6. The van der Waals surface area contributed by atoms with Crippen LogP contribution in [-0.4, -0.2) is 86.0 Å². The molecule has 0 amide bonds. The van der Waals surface area contributed by atoms with Gasteiger partial charge in [-0.1, -0.05) is 32.6 Å². The third kappa shape index (κ3) is 16.5. The number of carbonyl (C=O) groups is 3.